The molecule has 1 aliphatic heterocycles. The zero-order chi connectivity index (χ0) is 20.4. The standard InChI is InChI=1S/C23H24FN3O2/c1-15(2)21-18(14-28)6-4-8-20(21)27-11-9-16(10-12-27)23-25-22(26-29-23)17-5-3-7-19(24)13-17/h3-8,13-16H,9-12H2,1-2H3. The fourth-order valence-corrected chi connectivity index (χ4v) is 4.09. The Bertz CT molecular complexity index is 1010. The topological polar surface area (TPSA) is 59.2 Å². The molecule has 5 nitrogen and oxygen atoms in total. The summed E-state index contributed by atoms with van der Waals surface area (Å²) >= 11 is 0. The van der Waals surface area contributed by atoms with E-state index in [-0.39, 0.29) is 17.7 Å². The second-order valence-corrected chi connectivity index (χ2v) is 7.78. The van der Waals surface area contributed by atoms with Crippen molar-refractivity contribution in [2.24, 2.45) is 0 Å². The van der Waals surface area contributed by atoms with Crippen molar-refractivity contribution < 1.29 is 13.7 Å². The van der Waals surface area contributed by atoms with E-state index in [0.717, 1.165) is 49.0 Å². The first-order valence-electron chi connectivity index (χ1n) is 9.99. The molecule has 3 aromatic rings. The zero-order valence-electron chi connectivity index (χ0n) is 16.6. The van der Waals surface area contributed by atoms with Crippen LogP contribution >= 0.6 is 0 Å². The van der Waals surface area contributed by atoms with Crippen LogP contribution in [-0.2, 0) is 0 Å². The number of rotatable bonds is 5. The number of piperidine rings is 1. The molecule has 4 rings (SSSR count). The smallest absolute Gasteiger partial charge is 0.230 e. The van der Waals surface area contributed by atoms with Crippen LogP contribution in [-0.4, -0.2) is 29.5 Å². The molecule has 1 fully saturated rings. The fourth-order valence-electron chi connectivity index (χ4n) is 4.09. The van der Waals surface area contributed by atoms with Crippen molar-refractivity contribution in [2.75, 3.05) is 18.0 Å². The van der Waals surface area contributed by atoms with Crippen LogP contribution in [0.3, 0.4) is 0 Å². The fraction of sp³-hybridized carbons (Fsp3) is 0.348. The third kappa shape index (κ3) is 3.92. The third-order valence-corrected chi connectivity index (χ3v) is 5.53. The van der Waals surface area contributed by atoms with Crippen LogP contribution in [0, 0.1) is 5.82 Å². The number of hydrogen-bond acceptors (Lipinski definition) is 5. The molecular weight excluding hydrogens is 369 g/mol. The summed E-state index contributed by atoms with van der Waals surface area (Å²) in [5.74, 6) is 1.16. The summed E-state index contributed by atoms with van der Waals surface area (Å²) in [5, 5.41) is 4.03. The van der Waals surface area contributed by atoms with E-state index in [1.54, 1.807) is 12.1 Å². The zero-order valence-corrected chi connectivity index (χ0v) is 16.6. The number of carbonyl (C=O) groups excluding carboxylic acids is 1. The number of nitrogens with zero attached hydrogens (tertiary/aromatic N) is 3. The molecular formula is C23H24FN3O2. The number of carbonyl (C=O) groups is 1. The average Bonchev–Trinajstić information content (AvgIpc) is 3.23. The number of anilines is 1. The van der Waals surface area contributed by atoms with Gasteiger partial charge in [0.1, 0.15) is 12.1 Å². The summed E-state index contributed by atoms with van der Waals surface area (Å²) in [6.45, 7) is 5.94. The molecule has 2 heterocycles. The molecule has 0 radical (unpaired) electrons. The predicted octanol–water partition coefficient (Wildman–Crippen LogP) is 5.20. The molecule has 0 unspecified atom stereocenters. The highest BCUT2D eigenvalue weighted by Gasteiger charge is 2.27. The molecule has 2 aromatic carbocycles. The Morgan fingerprint density at radius 3 is 2.62 bits per heavy atom. The monoisotopic (exact) mass is 393 g/mol. The minimum atomic E-state index is -0.319. The summed E-state index contributed by atoms with van der Waals surface area (Å²) < 4.78 is 18.9. The highest BCUT2D eigenvalue weighted by Crippen LogP contribution is 2.35. The van der Waals surface area contributed by atoms with Gasteiger partial charge in [-0.2, -0.15) is 4.98 Å². The van der Waals surface area contributed by atoms with Gasteiger partial charge in [-0.05, 0) is 42.5 Å². The molecule has 29 heavy (non-hydrogen) atoms. The Balaban J connectivity index is 1.49. The van der Waals surface area contributed by atoms with Crippen molar-refractivity contribution in [3.05, 3.63) is 65.3 Å². The minimum Gasteiger partial charge on any atom is -0.371 e. The van der Waals surface area contributed by atoms with Crippen LogP contribution in [0.15, 0.2) is 47.0 Å². The molecule has 0 amide bonds. The minimum absolute atomic E-state index is 0.179. The highest BCUT2D eigenvalue weighted by atomic mass is 19.1. The van der Waals surface area contributed by atoms with E-state index in [1.807, 2.05) is 12.1 Å². The summed E-state index contributed by atoms with van der Waals surface area (Å²) in [6.07, 6.45) is 2.71. The maximum Gasteiger partial charge on any atom is 0.230 e. The summed E-state index contributed by atoms with van der Waals surface area (Å²) in [4.78, 5) is 18.3. The van der Waals surface area contributed by atoms with Gasteiger partial charge in [-0.3, -0.25) is 4.79 Å². The quantitative estimate of drug-likeness (QED) is 0.558. The number of halogens is 1. The van der Waals surface area contributed by atoms with Gasteiger partial charge in [0, 0.05) is 35.8 Å². The summed E-state index contributed by atoms with van der Waals surface area (Å²) in [7, 11) is 0. The van der Waals surface area contributed by atoms with Gasteiger partial charge in [-0.1, -0.05) is 43.3 Å². The van der Waals surface area contributed by atoms with Gasteiger partial charge in [-0.15, -0.1) is 0 Å². The number of benzene rings is 2. The van der Waals surface area contributed by atoms with E-state index >= 15 is 0 Å². The summed E-state index contributed by atoms with van der Waals surface area (Å²) in [6, 6.07) is 12.1. The van der Waals surface area contributed by atoms with Crippen LogP contribution in [0.4, 0.5) is 10.1 Å². The van der Waals surface area contributed by atoms with Crippen molar-refractivity contribution in [1.29, 1.82) is 0 Å². The van der Waals surface area contributed by atoms with Gasteiger partial charge in [0.15, 0.2) is 0 Å². The Hall–Kier alpha value is -3.02. The van der Waals surface area contributed by atoms with Crippen LogP contribution in [0.25, 0.3) is 11.4 Å². The van der Waals surface area contributed by atoms with Crippen LogP contribution < -0.4 is 4.90 Å². The van der Waals surface area contributed by atoms with Gasteiger partial charge >= 0.3 is 0 Å². The SMILES string of the molecule is CC(C)c1c(C=O)cccc1N1CCC(c2nc(-c3cccc(F)c3)no2)CC1. The molecule has 1 aromatic heterocycles. The first-order chi connectivity index (χ1) is 14.1. The van der Waals surface area contributed by atoms with Gasteiger partial charge in [-0.25, -0.2) is 4.39 Å². The first kappa shape index (κ1) is 19.3. The number of aldehydes is 1. The molecule has 0 N–H and O–H groups in total. The highest BCUT2D eigenvalue weighted by molar-refractivity contribution is 5.81. The Morgan fingerprint density at radius 1 is 1.17 bits per heavy atom. The number of aromatic nitrogens is 2. The van der Waals surface area contributed by atoms with Crippen molar-refractivity contribution in [1.82, 2.24) is 10.1 Å². The van der Waals surface area contributed by atoms with E-state index in [9.17, 15) is 9.18 Å². The van der Waals surface area contributed by atoms with Crippen molar-refractivity contribution in [2.45, 2.75) is 38.5 Å². The van der Waals surface area contributed by atoms with E-state index in [0.29, 0.717) is 17.3 Å². The third-order valence-electron chi connectivity index (χ3n) is 5.53. The molecule has 6 heteroatoms. The van der Waals surface area contributed by atoms with E-state index in [1.165, 1.54) is 12.1 Å². The maximum atomic E-state index is 13.4. The van der Waals surface area contributed by atoms with E-state index < -0.39 is 0 Å². The van der Waals surface area contributed by atoms with Crippen molar-refractivity contribution in [3.8, 4) is 11.4 Å². The molecule has 0 saturated carbocycles. The lowest BCUT2D eigenvalue weighted by atomic mass is 9.92. The largest absolute Gasteiger partial charge is 0.371 e. The van der Waals surface area contributed by atoms with Crippen LogP contribution in [0.1, 0.15) is 60.3 Å². The second-order valence-electron chi connectivity index (χ2n) is 7.78. The molecule has 1 aliphatic rings. The van der Waals surface area contributed by atoms with Gasteiger partial charge in [0.25, 0.3) is 0 Å². The maximum absolute atomic E-state index is 13.4. The second kappa shape index (κ2) is 8.15. The van der Waals surface area contributed by atoms with Gasteiger partial charge in [0.2, 0.25) is 11.7 Å². The Kier molecular flexibility index (Phi) is 5.43. The lowest BCUT2D eigenvalue weighted by Crippen LogP contribution is -2.34. The average molecular weight is 393 g/mol. The van der Waals surface area contributed by atoms with Crippen molar-refractivity contribution >= 4 is 12.0 Å². The van der Waals surface area contributed by atoms with Gasteiger partial charge < -0.3 is 9.42 Å². The van der Waals surface area contributed by atoms with Gasteiger partial charge in [0.05, 0.1) is 0 Å². The molecule has 1 saturated heterocycles. The number of hydrogen-bond donors (Lipinski definition) is 0. The Labute approximate surface area is 169 Å². The normalized spacial score (nSPS) is 15.1. The molecule has 0 atom stereocenters. The molecule has 150 valence electrons. The van der Waals surface area contributed by atoms with Crippen LogP contribution in [0.2, 0.25) is 0 Å². The van der Waals surface area contributed by atoms with Crippen molar-refractivity contribution in [3.63, 3.8) is 0 Å². The molecule has 0 bridgehead atoms. The lowest BCUT2D eigenvalue weighted by molar-refractivity contribution is 0.112. The lowest BCUT2D eigenvalue weighted by Gasteiger charge is -2.34. The van der Waals surface area contributed by atoms with E-state index in [4.69, 9.17) is 4.52 Å². The predicted molar refractivity (Wildman–Crippen MR) is 110 cm³/mol. The Morgan fingerprint density at radius 2 is 1.93 bits per heavy atom. The van der Waals surface area contributed by atoms with Crippen LogP contribution in [0.5, 0.6) is 0 Å². The summed E-state index contributed by atoms with van der Waals surface area (Å²) in [5.41, 5.74) is 3.61. The van der Waals surface area contributed by atoms with E-state index in [2.05, 4.69) is 35.0 Å². The molecule has 0 spiro atoms. The molecule has 0 aliphatic carbocycles. The first-order valence-corrected chi connectivity index (χ1v) is 9.99.